The molecule has 172 valence electrons. The molecule has 0 bridgehead atoms. The number of methoxy groups -OCH3 is 2. The van der Waals surface area contributed by atoms with E-state index >= 15 is 0 Å². The lowest BCUT2D eigenvalue weighted by atomic mass is 9.99. The maximum Gasteiger partial charge on any atom is 0.229 e. The third-order valence-corrected chi connectivity index (χ3v) is 5.35. The van der Waals surface area contributed by atoms with Crippen molar-refractivity contribution in [3.63, 3.8) is 0 Å². The number of rotatable bonds is 5. The molecule has 5 N–H and O–H groups in total. The van der Waals surface area contributed by atoms with Gasteiger partial charge in [0.15, 0.2) is 11.3 Å². The second-order valence-corrected chi connectivity index (χ2v) is 7.24. The molecule has 1 fully saturated rings. The Morgan fingerprint density at radius 1 is 0.969 bits per heavy atom. The molecule has 4 rings (SSSR count). The highest BCUT2D eigenvalue weighted by atomic mass is 16.7. The first-order chi connectivity index (χ1) is 15.3. The second kappa shape index (κ2) is 8.45. The van der Waals surface area contributed by atoms with Crippen LogP contribution in [0.5, 0.6) is 23.0 Å². The minimum Gasteiger partial charge on any atom is -0.507 e. The summed E-state index contributed by atoms with van der Waals surface area (Å²) in [4.78, 5) is 13.3. The summed E-state index contributed by atoms with van der Waals surface area (Å²) < 4.78 is 27.4. The van der Waals surface area contributed by atoms with Gasteiger partial charge in [0.25, 0.3) is 0 Å². The number of hydrogen-bond donors (Lipinski definition) is 5. The van der Waals surface area contributed by atoms with Crippen molar-refractivity contribution < 1.29 is 48.9 Å². The van der Waals surface area contributed by atoms with E-state index in [1.54, 1.807) is 0 Å². The first kappa shape index (κ1) is 22.1. The summed E-state index contributed by atoms with van der Waals surface area (Å²) in [6, 6.07) is 5.49. The van der Waals surface area contributed by atoms with Crippen LogP contribution in [0.25, 0.3) is 21.9 Å². The zero-order chi connectivity index (χ0) is 23.2. The highest BCUT2D eigenvalue weighted by Gasteiger charge is 2.45. The van der Waals surface area contributed by atoms with Crippen LogP contribution in [-0.2, 0) is 4.74 Å². The minimum absolute atomic E-state index is 0.0112. The molecule has 2 aromatic carbocycles. The van der Waals surface area contributed by atoms with Gasteiger partial charge < -0.3 is 48.9 Å². The molecule has 1 aliphatic heterocycles. The van der Waals surface area contributed by atoms with Crippen molar-refractivity contribution in [1.82, 2.24) is 0 Å². The third-order valence-electron chi connectivity index (χ3n) is 5.35. The van der Waals surface area contributed by atoms with Crippen molar-refractivity contribution in [2.24, 2.45) is 0 Å². The molecule has 11 nitrogen and oxygen atoms in total. The highest BCUT2D eigenvalue weighted by Crippen LogP contribution is 2.38. The van der Waals surface area contributed by atoms with Gasteiger partial charge in [0, 0.05) is 12.1 Å². The van der Waals surface area contributed by atoms with Crippen molar-refractivity contribution in [2.45, 2.75) is 30.7 Å². The molecule has 0 radical (unpaired) electrons. The molecule has 0 saturated carbocycles. The molecule has 5 atom stereocenters. The number of hydrogen-bond acceptors (Lipinski definition) is 11. The zero-order valence-corrected chi connectivity index (χ0v) is 17.1. The van der Waals surface area contributed by atoms with Crippen molar-refractivity contribution in [3.8, 4) is 23.0 Å². The number of phenolic OH excluding ortho intramolecular Hbond substituents is 1. The molecule has 1 aromatic heterocycles. The van der Waals surface area contributed by atoms with E-state index in [-0.39, 0.29) is 44.9 Å². The third kappa shape index (κ3) is 3.49. The van der Waals surface area contributed by atoms with E-state index in [1.807, 2.05) is 0 Å². The fraction of sp³-hybridized carbons (Fsp3) is 0.381. The Kier molecular flexibility index (Phi) is 5.84. The number of aromatic hydroxyl groups is 1. The number of fused-ring (bicyclic) bond motifs is 2. The quantitative estimate of drug-likeness (QED) is 0.328. The molecule has 0 aliphatic carbocycles. The molecule has 2 heterocycles. The summed E-state index contributed by atoms with van der Waals surface area (Å²) >= 11 is 0. The molecule has 0 spiro atoms. The van der Waals surface area contributed by atoms with Gasteiger partial charge in [0.1, 0.15) is 58.0 Å². The van der Waals surface area contributed by atoms with Gasteiger partial charge in [-0.25, -0.2) is 0 Å². The summed E-state index contributed by atoms with van der Waals surface area (Å²) in [5, 5.41) is 49.7. The maximum absolute atomic E-state index is 13.3. The van der Waals surface area contributed by atoms with Crippen LogP contribution in [0.3, 0.4) is 0 Å². The molecular weight excluding hydrogens is 428 g/mol. The molecule has 1 saturated heterocycles. The molecular formula is C21H22O11. The molecule has 0 amide bonds. The van der Waals surface area contributed by atoms with E-state index in [4.69, 9.17) is 23.4 Å². The van der Waals surface area contributed by atoms with Gasteiger partial charge in [-0.1, -0.05) is 0 Å². The van der Waals surface area contributed by atoms with Crippen LogP contribution in [0.1, 0.15) is 0 Å². The smallest absolute Gasteiger partial charge is 0.229 e. The number of phenols is 1. The van der Waals surface area contributed by atoms with Gasteiger partial charge in [-0.05, 0) is 12.1 Å². The molecule has 32 heavy (non-hydrogen) atoms. The minimum atomic E-state index is -1.70. The maximum atomic E-state index is 13.3. The van der Waals surface area contributed by atoms with Crippen LogP contribution < -0.4 is 19.6 Å². The Hall–Kier alpha value is -3.09. The Labute approximate surface area is 180 Å². The standard InChI is InChI=1S/C21H22O11/c1-28-8-5-11-15(17(25)14-9(23)3-4-10(29-2)20(14)30-11)12(6-8)31-21-19(27)18(26)16(24)13(7-22)32-21/h3-6,13,16,18-19,21-24,26-27H,7H2,1-2H3/t13-,16-,18+,19-,21-/m1/s1. The van der Waals surface area contributed by atoms with E-state index in [0.29, 0.717) is 0 Å². The lowest BCUT2D eigenvalue weighted by Gasteiger charge is -2.39. The molecule has 11 heteroatoms. The van der Waals surface area contributed by atoms with E-state index < -0.39 is 42.7 Å². The molecule has 3 aromatic rings. The monoisotopic (exact) mass is 450 g/mol. The fourth-order valence-corrected chi connectivity index (χ4v) is 3.64. The average Bonchev–Trinajstić information content (AvgIpc) is 2.79. The summed E-state index contributed by atoms with van der Waals surface area (Å²) in [5.41, 5.74) is -0.609. The van der Waals surface area contributed by atoms with Crippen molar-refractivity contribution in [2.75, 3.05) is 20.8 Å². The molecule has 1 aliphatic rings. The van der Waals surface area contributed by atoms with E-state index in [9.17, 15) is 30.3 Å². The zero-order valence-electron chi connectivity index (χ0n) is 17.1. The largest absolute Gasteiger partial charge is 0.507 e. The van der Waals surface area contributed by atoms with Crippen LogP contribution in [0.4, 0.5) is 0 Å². The second-order valence-electron chi connectivity index (χ2n) is 7.24. The summed E-state index contributed by atoms with van der Waals surface area (Å²) in [6.07, 6.45) is -7.70. The van der Waals surface area contributed by atoms with Crippen LogP contribution in [0.15, 0.2) is 33.5 Å². The van der Waals surface area contributed by atoms with Crippen molar-refractivity contribution in [3.05, 3.63) is 34.5 Å². The number of aliphatic hydroxyl groups excluding tert-OH is 4. The first-order valence-corrected chi connectivity index (χ1v) is 9.62. The Balaban J connectivity index is 1.91. The van der Waals surface area contributed by atoms with Crippen molar-refractivity contribution >= 4 is 21.9 Å². The van der Waals surface area contributed by atoms with E-state index in [0.717, 1.165) is 0 Å². The summed E-state index contributed by atoms with van der Waals surface area (Å²) in [5.74, 6) is -0.0256. The van der Waals surface area contributed by atoms with Gasteiger partial charge in [0.05, 0.1) is 20.8 Å². The van der Waals surface area contributed by atoms with Crippen LogP contribution in [0, 0.1) is 0 Å². The normalized spacial score (nSPS) is 25.8. The topological polar surface area (TPSA) is 168 Å². The number of aliphatic hydroxyl groups is 4. The highest BCUT2D eigenvalue weighted by molar-refractivity contribution is 5.98. The van der Waals surface area contributed by atoms with Gasteiger partial charge in [0.2, 0.25) is 11.7 Å². The van der Waals surface area contributed by atoms with Gasteiger partial charge in [-0.3, -0.25) is 4.79 Å². The SMILES string of the molecule is COc1cc(O[C@@H]2O[C@H](CO)[C@@H](O)[C@H](O)[C@H]2O)c2c(=O)c3c(O)ccc(OC)c3oc2c1. The fourth-order valence-electron chi connectivity index (χ4n) is 3.64. The van der Waals surface area contributed by atoms with E-state index in [2.05, 4.69) is 0 Å². The van der Waals surface area contributed by atoms with Crippen LogP contribution in [-0.4, -0.2) is 77.1 Å². The predicted octanol–water partition coefficient (Wildman–Crippen LogP) is -0.152. The average molecular weight is 450 g/mol. The summed E-state index contributed by atoms with van der Waals surface area (Å²) in [7, 11) is 2.76. The van der Waals surface area contributed by atoms with Crippen LogP contribution in [0.2, 0.25) is 0 Å². The Morgan fingerprint density at radius 3 is 2.38 bits per heavy atom. The number of ether oxygens (including phenoxy) is 4. The van der Waals surface area contributed by atoms with Gasteiger partial charge >= 0.3 is 0 Å². The first-order valence-electron chi connectivity index (χ1n) is 9.62. The molecule has 0 unspecified atom stereocenters. The lowest BCUT2D eigenvalue weighted by Crippen LogP contribution is -2.60. The Bertz CT molecular complexity index is 1200. The van der Waals surface area contributed by atoms with Gasteiger partial charge in [-0.2, -0.15) is 0 Å². The lowest BCUT2D eigenvalue weighted by molar-refractivity contribution is -0.277. The summed E-state index contributed by atoms with van der Waals surface area (Å²) in [6.45, 7) is -0.649. The predicted molar refractivity (Wildman–Crippen MR) is 109 cm³/mol. The van der Waals surface area contributed by atoms with Crippen molar-refractivity contribution in [1.29, 1.82) is 0 Å². The van der Waals surface area contributed by atoms with E-state index in [1.165, 1.54) is 38.5 Å². The number of benzene rings is 2. The van der Waals surface area contributed by atoms with Gasteiger partial charge in [-0.15, -0.1) is 0 Å². The Morgan fingerprint density at radius 2 is 1.72 bits per heavy atom. The van der Waals surface area contributed by atoms with Crippen LogP contribution >= 0.6 is 0 Å².